The van der Waals surface area contributed by atoms with Crippen LogP contribution in [0.25, 0.3) is 160 Å². The number of nitrogens with one attached hydrogen (secondary N) is 4. The van der Waals surface area contributed by atoms with Crippen molar-refractivity contribution in [2.24, 2.45) is 0 Å². The van der Waals surface area contributed by atoms with Crippen LogP contribution in [-0.2, 0) is 0 Å². The molecule has 6 aromatic heterocycles. The molecular weight excluding hydrogens is 1110 g/mol. The smallest absolute Gasteiger partial charge is 0.0798 e. The molecule has 16 rings (SSSR count). The van der Waals surface area contributed by atoms with Crippen molar-refractivity contribution in [3.05, 3.63) is 274 Å². The summed E-state index contributed by atoms with van der Waals surface area (Å²) in [4.78, 5) is 40.3. The third-order valence-electron chi connectivity index (χ3n) is 17.1. The van der Waals surface area contributed by atoms with Crippen molar-refractivity contribution < 1.29 is 0 Å². The highest BCUT2D eigenvalue weighted by atomic mass is 32.2. The molecule has 12 aromatic rings. The molecule has 0 amide bonds. The Bertz CT molecular complexity index is 4910. The fraction of sp³-hybridized carbons (Fsp3) is 0.0500. The first-order valence-electron chi connectivity index (χ1n) is 30.1. The molecule has 4 aliphatic rings. The quantitative estimate of drug-likeness (QED) is 0.121. The van der Waals surface area contributed by atoms with E-state index in [9.17, 15) is 0 Å². The van der Waals surface area contributed by atoms with Gasteiger partial charge in [0.2, 0.25) is 0 Å². The summed E-state index contributed by atoms with van der Waals surface area (Å²) in [6, 6.07) is 73.6. The van der Waals surface area contributed by atoms with Crippen LogP contribution in [0.1, 0.15) is 67.8 Å². The summed E-state index contributed by atoms with van der Waals surface area (Å²) in [5, 5.41) is 0. The van der Waals surface area contributed by atoms with Crippen LogP contribution in [0.15, 0.2) is 216 Å². The van der Waals surface area contributed by atoms with Gasteiger partial charge in [-0.2, -0.15) is 0 Å². The lowest BCUT2D eigenvalue weighted by Gasteiger charge is -2.08. The highest BCUT2D eigenvalue weighted by molar-refractivity contribution is 8.00. The SMILES string of the molecule is Cc1ccc(-c2c3nc(c(-c4ccccc4)c4ccc([nH]4)c(-c4ccc(C)cc4)c4nc(c(Sc5c6nc(c(-c7ccc(C)cc7)c7ccc([nH]7)c(-c7ccccc7)c7nc(c(-c8ccc(C)cc8)c8ccc5[nH]8)C=C7)C=C6)c5ccc2[nH]5)C=C4)C=C3)cc1. The molecule has 0 saturated carbocycles. The van der Waals surface area contributed by atoms with Gasteiger partial charge in [0.1, 0.15) is 0 Å². The van der Waals surface area contributed by atoms with Crippen molar-refractivity contribution in [1.29, 1.82) is 0 Å². The number of aromatic nitrogens is 8. The Morgan fingerprint density at radius 2 is 0.416 bits per heavy atom. The predicted molar refractivity (Wildman–Crippen MR) is 373 cm³/mol. The van der Waals surface area contributed by atoms with Crippen LogP contribution >= 0.6 is 11.8 Å². The van der Waals surface area contributed by atoms with E-state index in [-0.39, 0.29) is 0 Å². The van der Waals surface area contributed by atoms with Gasteiger partial charge in [-0.05, 0) is 158 Å². The number of rotatable bonds is 8. The Kier molecular flexibility index (Phi) is 13.2. The zero-order valence-corrected chi connectivity index (χ0v) is 50.3. The van der Waals surface area contributed by atoms with E-state index >= 15 is 0 Å². The Labute approximate surface area is 519 Å². The Hall–Kier alpha value is -11.1. The van der Waals surface area contributed by atoms with E-state index in [1.807, 2.05) is 0 Å². The maximum Gasteiger partial charge on any atom is 0.0798 e. The first kappa shape index (κ1) is 53.3. The monoisotopic (exact) mass is 1160 g/mol. The second-order valence-electron chi connectivity index (χ2n) is 23.2. The zero-order valence-electron chi connectivity index (χ0n) is 49.4. The second kappa shape index (κ2) is 22.0. The lowest BCUT2D eigenvalue weighted by Crippen LogP contribution is -1.90. The molecule has 6 aromatic carbocycles. The fourth-order valence-corrected chi connectivity index (χ4v) is 13.7. The number of aromatic amines is 4. The highest BCUT2D eigenvalue weighted by Crippen LogP contribution is 2.44. The molecule has 16 bridgehead atoms. The summed E-state index contributed by atoms with van der Waals surface area (Å²) >= 11 is 1.66. The first-order chi connectivity index (χ1) is 43.7. The topological polar surface area (TPSA) is 115 Å². The van der Waals surface area contributed by atoms with Crippen molar-refractivity contribution in [3.63, 3.8) is 0 Å². The largest absolute Gasteiger partial charge is 0.354 e. The molecule has 8 nitrogen and oxygen atoms in total. The average molecular weight is 1160 g/mol. The van der Waals surface area contributed by atoms with E-state index in [4.69, 9.17) is 19.9 Å². The number of H-pyrrole nitrogens is 4. The normalized spacial score (nSPS) is 12.4. The summed E-state index contributed by atoms with van der Waals surface area (Å²) in [6.07, 6.45) is 17.3. The van der Waals surface area contributed by atoms with Crippen LogP contribution in [0.3, 0.4) is 0 Å². The van der Waals surface area contributed by atoms with E-state index in [2.05, 4.69) is 302 Å². The molecule has 9 heteroatoms. The third-order valence-corrected chi connectivity index (χ3v) is 18.4. The minimum absolute atomic E-state index is 0.805. The summed E-state index contributed by atoms with van der Waals surface area (Å²) in [7, 11) is 0. The molecule has 0 atom stereocenters. The molecule has 0 aliphatic carbocycles. The maximum absolute atomic E-state index is 5.73. The van der Waals surface area contributed by atoms with Gasteiger partial charge in [-0.25, -0.2) is 19.9 Å². The summed E-state index contributed by atoms with van der Waals surface area (Å²) in [6.45, 7) is 8.51. The number of aryl methyl sites for hydroxylation is 4. The average Bonchev–Trinajstić information content (AvgIpc) is 3.07. The number of nitrogens with zero attached hydrogens (tertiary/aromatic N) is 4. The standard InChI is InChI=1S/C80H58N8S/c1-47-15-23-53(24-16-47)75-61-35-31-57(81-61)73(51-11-7-5-8-12-51)58-32-36-62(82-58)76(54-25-17-48(2)18-26-54)66-40-44-70(86-66)79(69-43-39-65(75)85-69)89-80-71-45-41-67(87-71)77(55-27-19-49(3)20-28-55)63-37-33-59(83-63)74(52-13-9-6-10-14-52)60-34-38-64(84-60)78(68-42-46-72(80)88-68)56-29-21-50(4)22-30-56/h5-46,81,83,86,88H,1-4H3. The Balaban J connectivity index is 1.02. The van der Waals surface area contributed by atoms with Gasteiger partial charge in [-0.3, -0.25) is 0 Å². The van der Waals surface area contributed by atoms with Crippen LogP contribution in [-0.4, -0.2) is 39.9 Å². The molecule has 4 N–H and O–H groups in total. The minimum Gasteiger partial charge on any atom is -0.354 e. The van der Waals surface area contributed by atoms with Gasteiger partial charge in [0.25, 0.3) is 0 Å². The van der Waals surface area contributed by atoms with Crippen LogP contribution in [0, 0.1) is 27.7 Å². The molecule has 89 heavy (non-hydrogen) atoms. The molecule has 0 radical (unpaired) electrons. The van der Waals surface area contributed by atoms with Gasteiger partial charge < -0.3 is 19.9 Å². The van der Waals surface area contributed by atoms with Crippen molar-refractivity contribution in [2.45, 2.75) is 37.5 Å². The second-order valence-corrected chi connectivity index (χ2v) is 24.2. The van der Waals surface area contributed by atoms with Crippen molar-refractivity contribution in [1.82, 2.24) is 39.9 Å². The Morgan fingerprint density at radius 1 is 0.213 bits per heavy atom. The maximum atomic E-state index is 5.73. The van der Waals surface area contributed by atoms with Crippen LogP contribution in [0.2, 0.25) is 0 Å². The van der Waals surface area contributed by atoms with Gasteiger partial charge >= 0.3 is 0 Å². The molecule has 0 unspecified atom stereocenters. The summed E-state index contributed by atoms with van der Waals surface area (Å²) in [5.41, 5.74) is 31.2. The fourth-order valence-electron chi connectivity index (χ4n) is 12.6. The van der Waals surface area contributed by atoms with Crippen LogP contribution in [0.5, 0.6) is 0 Å². The molecule has 0 fully saturated rings. The van der Waals surface area contributed by atoms with Crippen LogP contribution < -0.4 is 0 Å². The molecule has 0 spiro atoms. The van der Waals surface area contributed by atoms with Gasteiger partial charge in [0.15, 0.2) is 0 Å². The molecule has 424 valence electrons. The van der Waals surface area contributed by atoms with Gasteiger partial charge in [0.05, 0.1) is 66.4 Å². The molecule has 0 saturated heterocycles. The van der Waals surface area contributed by atoms with E-state index < -0.39 is 0 Å². The zero-order chi connectivity index (χ0) is 59.7. The van der Waals surface area contributed by atoms with E-state index in [0.717, 1.165) is 166 Å². The van der Waals surface area contributed by atoms with E-state index in [1.165, 1.54) is 22.3 Å². The molecule has 10 heterocycles. The van der Waals surface area contributed by atoms with Crippen molar-refractivity contribution >= 4 is 105 Å². The number of benzene rings is 6. The number of hydrogen-bond acceptors (Lipinski definition) is 5. The van der Waals surface area contributed by atoms with Gasteiger partial charge in [0, 0.05) is 66.5 Å². The van der Waals surface area contributed by atoms with E-state index in [0.29, 0.717) is 0 Å². The number of fused-ring (bicyclic) bond motifs is 16. The van der Waals surface area contributed by atoms with Gasteiger partial charge in [-0.1, -0.05) is 192 Å². The highest BCUT2D eigenvalue weighted by Gasteiger charge is 2.23. The van der Waals surface area contributed by atoms with Crippen molar-refractivity contribution in [2.75, 3.05) is 0 Å². The number of hydrogen-bond donors (Lipinski definition) is 4. The lowest BCUT2D eigenvalue weighted by atomic mass is 10.0. The van der Waals surface area contributed by atoms with E-state index in [1.54, 1.807) is 11.8 Å². The Morgan fingerprint density at radius 3 is 0.674 bits per heavy atom. The van der Waals surface area contributed by atoms with Crippen molar-refractivity contribution in [3.8, 4) is 66.8 Å². The first-order valence-corrected chi connectivity index (χ1v) is 30.9. The lowest BCUT2D eigenvalue weighted by molar-refractivity contribution is 1.23. The predicted octanol–water partition coefficient (Wildman–Crippen LogP) is 21.0. The molecular formula is C80H58N8S. The minimum atomic E-state index is 0.805. The molecule has 4 aliphatic heterocycles. The van der Waals surface area contributed by atoms with Gasteiger partial charge in [-0.15, -0.1) is 0 Å². The summed E-state index contributed by atoms with van der Waals surface area (Å²) in [5.74, 6) is 0. The summed E-state index contributed by atoms with van der Waals surface area (Å²) < 4.78 is 0. The van der Waals surface area contributed by atoms with Crippen LogP contribution in [0.4, 0.5) is 0 Å². The third kappa shape index (κ3) is 9.88.